The number of amides is 1. The standard InChI is InChI=1S/C25H24N6OS/c32-25(30-17-15-29(16-18-30)20-9-3-1-4-10-20)22-13-7-8-14-23(22)33-19-24-26-27-28-31(24)21-11-5-2-6-12-21/h1-14H,15-19H2. The Morgan fingerprint density at radius 3 is 2.15 bits per heavy atom. The number of benzene rings is 3. The number of hydrogen-bond acceptors (Lipinski definition) is 6. The Balaban J connectivity index is 1.26. The molecular weight excluding hydrogens is 432 g/mol. The maximum Gasteiger partial charge on any atom is 0.255 e. The molecular formula is C25H24N6OS. The van der Waals surface area contributed by atoms with E-state index in [2.05, 4.69) is 44.7 Å². The van der Waals surface area contributed by atoms with Crippen molar-refractivity contribution < 1.29 is 4.79 Å². The zero-order valence-electron chi connectivity index (χ0n) is 18.1. The molecule has 0 unspecified atom stereocenters. The molecule has 8 heteroatoms. The smallest absolute Gasteiger partial charge is 0.255 e. The number of carbonyl (C=O) groups excluding carboxylic acids is 1. The Hall–Kier alpha value is -3.65. The second kappa shape index (κ2) is 9.87. The maximum absolute atomic E-state index is 13.4. The number of hydrogen-bond donors (Lipinski definition) is 0. The molecule has 3 aromatic carbocycles. The largest absolute Gasteiger partial charge is 0.368 e. The lowest BCUT2D eigenvalue weighted by atomic mass is 10.1. The van der Waals surface area contributed by atoms with Gasteiger partial charge in [0.1, 0.15) is 0 Å². The van der Waals surface area contributed by atoms with Crippen LogP contribution in [0.4, 0.5) is 5.69 Å². The van der Waals surface area contributed by atoms with Gasteiger partial charge in [-0.25, -0.2) is 0 Å². The monoisotopic (exact) mass is 456 g/mol. The molecule has 2 heterocycles. The maximum atomic E-state index is 13.4. The summed E-state index contributed by atoms with van der Waals surface area (Å²) in [7, 11) is 0. The van der Waals surface area contributed by atoms with Gasteiger partial charge in [-0.1, -0.05) is 48.5 Å². The Morgan fingerprint density at radius 1 is 0.788 bits per heavy atom. The van der Waals surface area contributed by atoms with Crippen LogP contribution < -0.4 is 4.90 Å². The number of tetrazole rings is 1. The van der Waals surface area contributed by atoms with Gasteiger partial charge in [0.05, 0.1) is 17.0 Å². The minimum absolute atomic E-state index is 0.0773. The fourth-order valence-electron chi connectivity index (χ4n) is 3.95. The molecule has 0 saturated carbocycles. The van der Waals surface area contributed by atoms with Crippen molar-refractivity contribution in [1.82, 2.24) is 25.1 Å². The number of piperazine rings is 1. The van der Waals surface area contributed by atoms with E-state index in [1.807, 2.05) is 65.6 Å². The van der Waals surface area contributed by atoms with E-state index in [9.17, 15) is 4.79 Å². The SMILES string of the molecule is O=C(c1ccccc1SCc1nnnn1-c1ccccc1)N1CCN(c2ccccc2)CC1. The number of para-hydroxylation sites is 2. The minimum Gasteiger partial charge on any atom is -0.368 e. The molecule has 166 valence electrons. The van der Waals surface area contributed by atoms with Crippen molar-refractivity contribution in [2.45, 2.75) is 10.6 Å². The summed E-state index contributed by atoms with van der Waals surface area (Å²) in [5, 5.41) is 12.2. The van der Waals surface area contributed by atoms with E-state index in [1.165, 1.54) is 5.69 Å². The average Bonchev–Trinajstić information content (AvgIpc) is 3.37. The average molecular weight is 457 g/mol. The quantitative estimate of drug-likeness (QED) is 0.410. The van der Waals surface area contributed by atoms with Crippen LogP contribution in [-0.4, -0.2) is 57.2 Å². The number of carbonyl (C=O) groups is 1. The summed E-state index contributed by atoms with van der Waals surface area (Å²) in [6, 6.07) is 28.0. The van der Waals surface area contributed by atoms with Crippen molar-refractivity contribution in [2.75, 3.05) is 31.1 Å². The summed E-state index contributed by atoms with van der Waals surface area (Å²) < 4.78 is 1.74. The fourth-order valence-corrected chi connectivity index (χ4v) is 4.90. The van der Waals surface area contributed by atoms with Gasteiger partial charge in [0.25, 0.3) is 5.91 Å². The zero-order valence-corrected chi connectivity index (χ0v) is 18.9. The topological polar surface area (TPSA) is 67.2 Å². The highest BCUT2D eigenvalue weighted by Crippen LogP contribution is 2.28. The van der Waals surface area contributed by atoms with E-state index in [0.29, 0.717) is 18.8 Å². The fraction of sp³-hybridized carbons (Fsp3) is 0.200. The third kappa shape index (κ3) is 4.75. The van der Waals surface area contributed by atoms with Crippen LogP contribution in [0.25, 0.3) is 5.69 Å². The molecule has 1 aliphatic heterocycles. The molecule has 1 aliphatic rings. The van der Waals surface area contributed by atoms with Gasteiger partial charge >= 0.3 is 0 Å². The van der Waals surface area contributed by atoms with Gasteiger partial charge in [0, 0.05) is 36.8 Å². The lowest BCUT2D eigenvalue weighted by Gasteiger charge is -2.36. The second-order valence-electron chi connectivity index (χ2n) is 7.74. The number of aromatic nitrogens is 4. The molecule has 7 nitrogen and oxygen atoms in total. The van der Waals surface area contributed by atoms with E-state index >= 15 is 0 Å². The molecule has 0 bridgehead atoms. The first kappa shape index (κ1) is 21.2. The van der Waals surface area contributed by atoms with Crippen LogP contribution in [0.15, 0.2) is 89.8 Å². The van der Waals surface area contributed by atoms with E-state index in [4.69, 9.17) is 0 Å². The zero-order chi connectivity index (χ0) is 22.5. The van der Waals surface area contributed by atoms with E-state index in [0.717, 1.165) is 35.1 Å². The molecule has 0 atom stereocenters. The highest BCUT2D eigenvalue weighted by atomic mass is 32.2. The summed E-state index contributed by atoms with van der Waals surface area (Å²) in [4.78, 5) is 18.6. The van der Waals surface area contributed by atoms with E-state index in [1.54, 1.807) is 16.4 Å². The van der Waals surface area contributed by atoms with Gasteiger partial charge in [-0.15, -0.1) is 16.9 Å². The first-order valence-corrected chi connectivity index (χ1v) is 11.9. The van der Waals surface area contributed by atoms with Gasteiger partial charge in [0.2, 0.25) is 0 Å². The van der Waals surface area contributed by atoms with E-state index in [-0.39, 0.29) is 5.91 Å². The summed E-state index contributed by atoms with van der Waals surface area (Å²) in [5.74, 6) is 1.38. The van der Waals surface area contributed by atoms with Crippen LogP contribution in [0, 0.1) is 0 Å². The summed E-state index contributed by atoms with van der Waals surface area (Å²) >= 11 is 1.58. The molecule has 0 N–H and O–H groups in total. The second-order valence-corrected chi connectivity index (χ2v) is 8.76. The van der Waals surface area contributed by atoms with Crippen LogP contribution in [0.2, 0.25) is 0 Å². The van der Waals surface area contributed by atoms with Crippen molar-refractivity contribution in [2.24, 2.45) is 0 Å². The Morgan fingerprint density at radius 2 is 1.42 bits per heavy atom. The van der Waals surface area contributed by atoms with Crippen LogP contribution in [-0.2, 0) is 5.75 Å². The molecule has 4 aromatic rings. The van der Waals surface area contributed by atoms with Crippen molar-refractivity contribution in [3.63, 3.8) is 0 Å². The normalized spacial score (nSPS) is 13.8. The number of thioether (sulfide) groups is 1. The minimum atomic E-state index is 0.0773. The highest BCUT2D eigenvalue weighted by molar-refractivity contribution is 7.98. The van der Waals surface area contributed by atoms with Crippen molar-refractivity contribution in [1.29, 1.82) is 0 Å². The lowest BCUT2D eigenvalue weighted by Crippen LogP contribution is -2.48. The number of nitrogens with zero attached hydrogens (tertiary/aromatic N) is 6. The third-order valence-corrected chi connectivity index (χ3v) is 6.77. The van der Waals surface area contributed by atoms with E-state index < -0.39 is 0 Å². The van der Waals surface area contributed by atoms with Crippen LogP contribution in [0.3, 0.4) is 0 Å². The molecule has 1 aromatic heterocycles. The summed E-state index contributed by atoms with van der Waals surface area (Å²) in [6.07, 6.45) is 0. The predicted molar refractivity (Wildman–Crippen MR) is 130 cm³/mol. The molecule has 1 amide bonds. The molecule has 33 heavy (non-hydrogen) atoms. The third-order valence-electron chi connectivity index (χ3n) is 5.70. The van der Waals surface area contributed by atoms with Crippen LogP contribution >= 0.6 is 11.8 Å². The Bertz CT molecular complexity index is 1210. The van der Waals surface area contributed by atoms with Gasteiger partial charge < -0.3 is 9.80 Å². The van der Waals surface area contributed by atoms with Crippen LogP contribution in [0.5, 0.6) is 0 Å². The molecule has 5 rings (SSSR count). The number of anilines is 1. The van der Waals surface area contributed by atoms with Gasteiger partial charge in [0.15, 0.2) is 5.82 Å². The van der Waals surface area contributed by atoms with Crippen molar-refractivity contribution >= 4 is 23.4 Å². The van der Waals surface area contributed by atoms with Crippen molar-refractivity contribution in [3.05, 3.63) is 96.3 Å². The molecule has 0 radical (unpaired) electrons. The summed E-state index contributed by atoms with van der Waals surface area (Å²) in [5.41, 5.74) is 2.85. The van der Waals surface area contributed by atoms with Gasteiger partial charge in [-0.05, 0) is 46.8 Å². The Kier molecular flexibility index (Phi) is 6.34. The van der Waals surface area contributed by atoms with Gasteiger partial charge in [-0.3, -0.25) is 4.79 Å². The Labute approximate surface area is 197 Å². The first-order valence-electron chi connectivity index (χ1n) is 10.9. The van der Waals surface area contributed by atoms with Gasteiger partial charge in [-0.2, -0.15) is 4.68 Å². The highest BCUT2D eigenvalue weighted by Gasteiger charge is 2.24. The molecule has 0 spiro atoms. The number of rotatable bonds is 6. The van der Waals surface area contributed by atoms with Crippen molar-refractivity contribution in [3.8, 4) is 5.69 Å². The van der Waals surface area contributed by atoms with Crippen LogP contribution in [0.1, 0.15) is 16.2 Å². The first-order chi connectivity index (χ1) is 16.3. The lowest BCUT2D eigenvalue weighted by molar-refractivity contribution is 0.0743. The molecule has 1 fully saturated rings. The summed E-state index contributed by atoms with van der Waals surface area (Å²) in [6.45, 7) is 3.08. The molecule has 1 saturated heterocycles. The predicted octanol–water partition coefficient (Wildman–Crippen LogP) is 3.92. The molecule has 0 aliphatic carbocycles.